The van der Waals surface area contributed by atoms with Gasteiger partial charge in [-0.05, 0) is 41.5 Å². The Kier molecular flexibility index (Phi) is 2.73. The maximum absolute atomic E-state index is 11.2. The number of carboxylic acids is 1. The third-order valence-electron chi connectivity index (χ3n) is 4.01. The van der Waals surface area contributed by atoms with Crippen LogP contribution in [0.15, 0.2) is 12.3 Å². The molecule has 1 aromatic rings. The van der Waals surface area contributed by atoms with Crippen molar-refractivity contribution in [3.05, 3.63) is 16.0 Å². The number of amides is 1. The number of likely N-dealkylation sites (tertiary alicyclic amines) is 1. The standard InChI is InChI=1S/C11H12IN3O4/c12-8-1-2-14(13-8)5-11-3-6(9(16)17)15(10(18)19)7(11)4-11/h1-2,6-7H,3-5H2,(H,16,17)(H,18,19)/t6-,7+,11-/m0/s1. The average Bonchev–Trinajstić information content (AvgIpc) is 2.67. The molecule has 1 aromatic heterocycles. The number of aliphatic carboxylic acids is 1. The van der Waals surface area contributed by atoms with Crippen molar-refractivity contribution in [1.29, 1.82) is 0 Å². The van der Waals surface area contributed by atoms with Crippen LogP contribution < -0.4 is 0 Å². The van der Waals surface area contributed by atoms with Crippen LogP contribution >= 0.6 is 22.6 Å². The van der Waals surface area contributed by atoms with Crippen molar-refractivity contribution in [2.75, 3.05) is 0 Å². The van der Waals surface area contributed by atoms with E-state index in [0.29, 0.717) is 13.0 Å². The molecule has 0 unspecified atom stereocenters. The van der Waals surface area contributed by atoms with Gasteiger partial charge >= 0.3 is 12.1 Å². The number of hydrogen-bond donors (Lipinski definition) is 2. The van der Waals surface area contributed by atoms with Gasteiger partial charge in [0.05, 0.1) is 0 Å². The third-order valence-corrected chi connectivity index (χ3v) is 4.58. The van der Waals surface area contributed by atoms with Gasteiger partial charge in [0.15, 0.2) is 0 Å². The first kappa shape index (κ1) is 12.7. The quantitative estimate of drug-likeness (QED) is 0.769. The van der Waals surface area contributed by atoms with E-state index in [1.54, 1.807) is 4.68 Å². The first-order valence-corrected chi connectivity index (χ1v) is 6.94. The van der Waals surface area contributed by atoms with Gasteiger partial charge in [-0.1, -0.05) is 0 Å². The summed E-state index contributed by atoms with van der Waals surface area (Å²) in [5, 5.41) is 22.6. The van der Waals surface area contributed by atoms with Gasteiger partial charge in [-0.15, -0.1) is 0 Å². The smallest absolute Gasteiger partial charge is 0.408 e. The predicted molar refractivity (Wildman–Crippen MR) is 71.7 cm³/mol. The Morgan fingerprint density at radius 2 is 2.21 bits per heavy atom. The Morgan fingerprint density at radius 3 is 2.68 bits per heavy atom. The summed E-state index contributed by atoms with van der Waals surface area (Å²) in [6, 6.07) is 0.756. The maximum atomic E-state index is 11.2. The number of piperidine rings is 1. The Bertz CT molecular complexity index is 560. The molecule has 1 aliphatic carbocycles. The van der Waals surface area contributed by atoms with Crippen LogP contribution in [-0.4, -0.2) is 49.0 Å². The summed E-state index contributed by atoms with van der Waals surface area (Å²) in [6.45, 7) is 0.578. The Balaban J connectivity index is 1.81. The molecule has 2 N–H and O–H groups in total. The number of rotatable bonds is 3. The van der Waals surface area contributed by atoms with Crippen molar-refractivity contribution < 1.29 is 19.8 Å². The van der Waals surface area contributed by atoms with Gasteiger partial charge in [-0.2, -0.15) is 5.10 Å². The zero-order valence-corrected chi connectivity index (χ0v) is 12.0. The molecule has 3 atom stereocenters. The molecule has 19 heavy (non-hydrogen) atoms. The van der Waals surface area contributed by atoms with Gasteiger partial charge in [-0.3, -0.25) is 9.58 Å². The minimum absolute atomic E-state index is 0.187. The molecule has 8 heteroatoms. The lowest BCUT2D eigenvalue weighted by Crippen LogP contribution is -2.42. The zero-order valence-electron chi connectivity index (χ0n) is 9.86. The van der Waals surface area contributed by atoms with Gasteiger partial charge in [0.25, 0.3) is 0 Å². The number of nitrogens with zero attached hydrogens (tertiary/aromatic N) is 3. The number of halogens is 1. The van der Waals surface area contributed by atoms with Crippen molar-refractivity contribution in [2.45, 2.75) is 31.5 Å². The third kappa shape index (κ3) is 1.97. The van der Waals surface area contributed by atoms with Gasteiger partial charge < -0.3 is 10.2 Å². The fourth-order valence-electron chi connectivity index (χ4n) is 3.09. The van der Waals surface area contributed by atoms with Crippen LogP contribution in [0.5, 0.6) is 0 Å². The van der Waals surface area contributed by atoms with Gasteiger partial charge in [0.2, 0.25) is 0 Å². The van der Waals surface area contributed by atoms with Crippen LogP contribution in [0.1, 0.15) is 12.8 Å². The summed E-state index contributed by atoms with van der Waals surface area (Å²) >= 11 is 2.10. The van der Waals surface area contributed by atoms with Crippen molar-refractivity contribution in [3.8, 4) is 0 Å². The highest BCUT2D eigenvalue weighted by Crippen LogP contribution is 2.60. The monoisotopic (exact) mass is 377 g/mol. The van der Waals surface area contributed by atoms with Crippen molar-refractivity contribution in [2.24, 2.45) is 5.41 Å². The lowest BCUT2D eigenvalue weighted by atomic mass is 10.00. The summed E-state index contributed by atoms with van der Waals surface area (Å²) in [5.74, 6) is -1.07. The molecule has 1 saturated heterocycles. The Labute approximate surface area is 122 Å². The largest absolute Gasteiger partial charge is 0.480 e. The fraction of sp³-hybridized carbons (Fsp3) is 0.545. The second kappa shape index (κ2) is 4.09. The van der Waals surface area contributed by atoms with E-state index in [0.717, 1.165) is 15.0 Å². The van der Waals surface area contributed by atoms with Crippen LogP contribution in [0, 0.1) is 9.12 Å². The zero-order chi connectivity index (χ0) is 13.8. The van der Waals surface area contributed by atoms with Crippen LogP contribution in [0.2, 0.25) is 0 Å². The fourth-order valence-corrected chi connectivity index (χ4v) is 3.53. The molecule has 1 amide bonds. The van der Waals surface area contributed by atoms with E-state index >= 15 is 0 Å². The van der Waals surface area contributed by atoms with Crippen molar-refractivity contribution in [1.82, 2.24) is 14.7 Å². The number of fused-ring (bicyclic) bond motifs is 1. The lowest BCUT2D eigenvalue weighted by molar-refractivity contribution is -0.142. The topological polar surface area (TPSA) is 95.7 Å². The molecule has 1 saturated carbocycles. The highest BCUT2D eigenvalue weighted by atomic mass is 127. The summed E-state index contributed by atoms with van der Waals surface area (Å²) < 4.78 is 2.64. The Hall–Kier alpha value is -1.32. The molecule has 0 spiro atoms. The normalized spacial score (nSPS) is 32.2. The number of carboxylic acid groups (broad SMARTS) is 2. The lowest BCUT2D eigenvalue weighted by Gasteiger charge is -2.20. The van der Waals surface area contributed by atoms with Gasteiger partial charge in [-0.25, -0.2) is 9.59 Å². The van der Waals surface area contributed by atoms with E-state index < -0.39 is 18.1 Å². The highest BCUT2D eigenvalue weighted by molar-refractivity contribution is 14.1. The summed E-state index contributed by atoms with van der Waals surface area (Å²) in [4.78, 5) is 23.4. The molecular weight excluding hydrogens is 365 g/mol. The van der Waals surface area contributed by atoms with Crippen molar-refractivity contribution >= 4 is 34.7 Å². The molecule has 102 valence electrons. The van der Waals surface area contributed by atoms with E-state index in [-0.39, 0.29) is 11.5 Å². The predicted octanol–water partition coefficient (Wildman–Crippen LogP) is 1.08. The number of aromatic nitrogens is 2. The molecule has 0 radical (unpaired) electrons. The van der Waals surface area contributed by atoms with Gasteiger partial charge in [0.1, 0.15) is 9.74 Å². The maximum Gasteiger partial charge on any atom is 0.408 e. The van der Waals surface area contributed by atoms with Crippen LogP contribution in [0.4, 0.5) is 4.79 Å². The molecule has 1 aliphatic heterocycles. The second-order valence-corrected chi connectivity index (χ2v) is 6.27. The van der Waals surface area contributed by atoms with Crippen LogP contribution in [0.3, 0.4) is 0 Å². The first-order valence-electron chi connectivity index (χ1n) is 5.86. The first-order chi connectivity index (χ1) is 8.93. The molecule has 2 fully saturated rings. The summed E-state index contributed by atoms with van der Waals surface area (Å²) in [7, 11) is 0. The average molecular weight is 377 g/mol. The van der Waals surface area contributed by atoms with Crippen LogP contribution in [-0.2, 0) is 11.3 Å². The molecule has 0 aromatic carbocycles. The minimum atomic E-state index is -1.15. The van der Waals surface area contributed by atoms with E-state index in [1.807, 2.05) is 12.3 Å². The molecule has 2 aliphatic rings. The van der Waals surface area contributed by atoms with Crippen LogP contribution in [0.25, 0.3) is 0 Å². The number of carbonyl (C=O) groups is 2. The summed E-state index contributed by atoms with van der Waals surface area (Å²) in [6.07, 6.45) is 1.78. The molecule has 3 rings (SSSR count). The number of hydrogen-bond acceptors (Lipinski definition) is 3. The molecule has 2 heterocycles. The summed E-state index contributed by atoms with van der Waals surface area (Å²) in [5.41, 5.74) is -0.253. The second-order valence-electron chi connectivity index (χ2n) is 5.17. The minimum Gasteiger partial charge on any atom is -0.480 e. The van der Waals surface area contributed by atoms with E-state index in [9.17, 15) is 9.59 Å². The van der Waals surface area contributed by atoms with Gasteiger partial charge in [0, 0.05) is 24.2 Å². The van der Waals surface area contributed by atoms with E-state index in [4.69, 9.17) is 10.2 Å². The molecular formula is C11H12IN3O4. The van der Waals surface area contributed by atoms with E-state index in [1.165, 1.54) is 0 Å². The molecule has 7 nitrogen and oxygen atoms in total. The highest BCUT2D eigenvalue weighted by Gasteiger charge is 2.67. The Morgan fingerprint density at radius 1 is 1.47 bits per heavy atom. The van der Waals surface area contributed by atoms with Crippen molar-refractivity contribution in [3.63, 3.8) is 0 Å². The molecule has 0 bridgehead atoms. The van der Waals surface area contributed by atoms with E-state index in [2.05, 4.69) is 27.7 Å². The SMILES string of the molecule is O=C(O)[C@@H]1C[C@@]2(Cn3ccc(I)n3)C[C@H]2N1C(=O)O.